The van der Waals surface area contributed by atoms with Crippen LogP contribution in [0.2, 0.25) is 0 Å². The highest BCUT2D eigenvalue weighted by Gasteiger charge is 2.03. The molecule has 0 rings (SSSR count). The van der Waals surface area contributed by atoms with Gasteiger partial charge in [-0.1, -0.05) is 51.8 Å². The van der Waals surface area contributed by atoms with Gasteiger partial charge in [0.15, 0.2) is 0 Å². The lowest BCUT2D eigenvalue weighted by molar-refractivity contribution is 0.648. The minimum atomic E-state index is 0.554. The van der Waals surface area contributed by atoms with Crippen LogP contribution in [0, 0.1) is 11.8 Å². The third-order valence-corrected chi connectivity index (χ3v) is 2.33. The van der Waals surface area contributed by atoms with E-state index in [1.165, 1.54) is 19.3 Å². The Kier molecular flexibility index (Phi) is 6.66. The highest BCUT2D eigenvalue weighted by Crippen LogP contribution is 2.19. The van der Waals surface area contributed by atoms with Gasteiger partial charge in [-0.05, 0) is 24.7 Å². The van der Waals surface area contributed by atoms with E-state index in [9.17, 15) is 0 Å². The molecule has 0 aliphatic rings. The SMILES string of the molecule is C=CC(C)C(=CCC(C)C)CCC. The summed E-state index contributed by atoms with van der Waals surface area (Å²) in [7, 11) is 0. The van der Waals surface area contributed by atoms with Crippen LogP contribution in [-0.2, 0) is 0 Å². The van der Waals surface area contributed by atoms with Gasteiger partial charge in [0.25, 0.3) is 0 Å². The maximum Gasteiger partial charge on any atom is -0.00543 e. The van der Waals surface area contributed by atoms with Crippen LogP contribution in [0.15, 0.2) is 24.3 Å². The van der Waals surface area contributed by atoms with Gasteiger partial charge in [0.2, 0.25) is 0 Å². The summed E-state index contributed by atoms with van der Waals surface area (Å²) in [5, 5.41) is 0. The van der Waals surface area contributed by atoms with Gasteiger partial charge in [-0.25, -0.2) is 0 Å². The average molecular weight is 180 g/mol. The number of allylic oxidation sites excluding steroid dienone is 3. The van der Waals surface area contributed by atoms with Crippen molar-refractivity contribution >= 4 is 0 Å². The van der Waals surface area contributed by atoms with Gasteiger partial charge >= 0.3 is 0 Å². The van der Waals surface area contributed by atoms with Crippen molar-refractivity contribution in [3.05, 3.63) is 24.3 Å². The molecule has 13 heavy (non-hydrogen) atoms. The maximum atomic E-state index is 3.85. The zero-order valence-electron chi connectivity index (χ0n) is 9.64. The maximum absolute atomic E-state index is 3.85. The predicted octanol–water partition coefficient (Wildman–Crippen LogP) is 4.58. The van der Waals surface area contributed by atoms with Gasteiger partial charge < -0.3 is 0 Å². The van der Waals surface area contributed by atoms with E-state index in [1.54, 1.807) is 5.57 Å². The van der Waals surface area contributed by atoms with Crippen LogP contribution in [0.5, 0.6) is 0 Å². The van der Waals surface area contributed by atoms with Gasteiger partial charge in [0.1, 0.15) is 0 Å². The van der Waals surface area contributed by atoms with Gasteiger partial charge in [0.05, 0.1) is 0 Å². The summed E-state index contributed by atoms with van der Waals surface area (Å²) in [4.78, 5) is 0. The average Bonchev–Trinajstić information content (AvgIpc) is 2.10. The molecule has 0 heterocycles. The summed E-state index contributed by atoms with van der Waals surface area (Å²) >= 11 is 0. The summed E-state index contributed by atoms with van der Waals surface area (Å²) in [6.45, 7) is 12.8. The van der Waals surface area contributed by atoms with Crippen molar-refractivity contribution < 1.29 is 0 Å². The molecule has 0 nitrogen and oxygen atoms in total. The lowest BCUT2D eigenvalue weighted by Gasteiger charge is -2.12. The van der Waals surface area contributed by atoms with E-state index < -0.39 is 0 Å². The molecular weight excluding hydrogens is 156 g/mol. The molecule has 0 amide bonds. The first kappa shape index (κ1) is 12.5. The van der Waals surface area contributed by atoms with Gasteiger partial charge in [-0.15, -0.1) is 6.58 Å². The van der Waals surface area contributed by atoms with Crippen molar-refractivity contribution in [2.24, 2.45) is 11.8 Å². The Morgan fingerprint density at radius 1 is 1.31 bits per heavy atom. The Bertz CT molecular complexity index is 163. The Labute approximate surface area is 83.7 Å². The Morgan fingerprint density at radius 3 is 2.31 bits per heavy atom. The Hall–Kier alpha value is -0.520. The quantitative estimate of drug-likeness (QED) is 0.525. The molecule has 0 saturated carbocycles. The molecular formula is C13H24. The molecule has 1 unspecified atom stereocenters. The molecule has 76 valence electrons. The van der Waals surface area contributed by atoms with Gasteiger partial charge in [0, 0.05) is 0 Å². The van der Waals surface area contributed by atoms with Crippen LogP contribution < -0.4 is 0 Å². The lowest BCUT2D eigenvalue weighted by Crippen LogP contribution is -1.96. The zero-order chi connectivity index (χ0) is 10.3. The van der Waals surface area contributed by atoms with Crippen molar-refractivity contribution in [3.63, 3.8) is 0 Å². The Morgan fingerprint density at radius 2 is 1.92 bits per heavy atom. The van der Waals surface area contributed by atoms with Crippen molar-refractivity contribution in [3.8, 4) is 0 Å². The second-order valence-electron chi connectivity index (χ2n) is 4.18. The summed E-state index contributed by atoms with van der Waals surface area (Å²) < 4.78 is 0. The first-order valence-corrected chi connectivity index (χ1v) is 5.43. The highest BCUT2D eigenvalue weighted by molar-refractivity contribution is 5.11. The van der Waals surface area contributed by atoms with Crippen LogP contribution in [0.1, 0.15) is 47.0 Å². The summed E-state index contributed by atoms with van der Waals surface area (Å²) in [6.07, 6.45) is 8.11. The minimum absolute atomic E-state index is 0.554. The van der Waals surface area contributed by atoms with Crippen LogP contribution in [-0.4, -0.2) is 0 Å². The van der Waals surface area contributed by atoms with Crippen molar-refractivity contribution in [1.29, 1.82) is 0 Å². The molecule has 0 fully saturated rings. The number of rotatable bonds is 6. The minimum Gasteiger partial charge on any atom is -0.102 e. The van der Waals surface area contributed by atoms with Crippen LogP contribution in [0.4, 0.5) is 0 Å². The van der Waals surface area contributed by atoms with Crippen molar-refractivity contribution in [2.45, 2.75) is 47.0 Å². The molecule has 0 aliphatic heterocycles. The molecule has 0 bridgehead atoms. The van der Waals surface area contributed by atoms with E-state index in [1.807, 2.05) is 6.08 Å². The normalized spacial score (nSPS) is 14.7. The number of hydrogen-bond donors (Lipinski definition) is 0. The smallest absolute Gasteiger partial charge is 0.00543 e. The highest BCUT2D eigenvalue weighted by atomic mass is 14.1. The molecule has 0 radical (unpaired) electrons. The summed E-state index contributed by atoms with van der Waals surface area (Å²) in [5.41, 5.74) is 1.56. The third kappa shape index (κ3) is 5.68. The molecule has 0 spiro atoms. The fourth-order valence-corrected chi connectivity index (χ4v) is 1.34. The van der Waals surface area contributed by atoms with Crippen LogP contribution >= 0.6 is 0 Å². The van der Waals surface area contributed by atoms with E-state index in [0.29, 0.717) is 5.92 Å². The summed E-state index contributed by atoms with van der Waals surface area (Å²) in [6, 6.07) is 0. The van der Waals surface area contributed by atoms with E-state index in [2.05, 4.69) is 40.3 Å². The van der Waals surface area contributed by atoms with Crippen LogP contribution in [0.25, 0.3) is 0 Å². The fourth-order valence-electron chi connectivity index (χ4n) is 1.34. The molecule has 0 aromatic carbocycles. The topological polar surface area (TPSA) is 0 Å². The standard InChI is InChI=1S/C13H24/c1-6-8-13(12(5)7-2)10-9-11(3)4/h7,10-12H,2,6,8-9H2,1,3-5H3. The van der Waals surface area contributed by atoms with E-state index in [4.69, 9.17) is 0 Å². The third-order valence-electron chi connectivity index (χ3n) is 2.33. The van der Waals surface area contributed by atoms with Crippen molar-refractivity contribution in [2.75, 3.05) is 0 Å². The monoisotopic (exact) mass is 180 g/mol. The van der Waals surface area contributed by atoms with Gasteiger partial charge in [-0.3, -0.25) is 0 Å². The molecule has 0 aliphatic carbocycles. The molecule has 0 saturated heterocycles. The van der Waals surface area contributed by atoms with E-state index in [0.717, 1.165) is 5.92 Å². The second kappa shape index (κ2) is 6.94. The molecule has 0 aromatic heterocycles. The lowest BCUT2D eigenvalue weighted by atomic mass is 9.94. The van der Waals surface area contributed by atoms with E-state index >= 15 is 0 Å². The van der Waals surface area contributed by atoms with Crippen LogP contribution in [0.3, 0.4) is 0 Å². The zero-order valence-corrected chi connectivity index (χ0v) is 9.64. The first-order valence-electron chi connectivity index (χ1n) is 5.43. The van der Waals surface area contributed by atoms with Gasteiger partial charge in [-0.2, -0.15) is 0 Å². The Balaban J connectivity index is 4.21. The van der Waals surface area contributed by atoms with Crippen molar-refractivity contribution in [1.82, 2.24) is 0 Å². The second-order valence-corrected chi connectivity index (χ2v) is 4.18. The molecule has 0 heteroatoms. The molecule has 1 atom stereocenters. The summed E-state index contributed by atoms with van der Waals surface area (Å²) in [5.74, 6) is 1.32. The fraction of sp³-hybridized carbons (Fsp3) is 0.692. The largest absolute Gasteiger partial charge is 0.102 e. The van der Waals surface area contributed by atoms with E-state index in [-0.39, 0.29) is 0 Å². The molecule has 0 aromatic rings. The number of hydrogen-bond acceptors (Lipinski definition) is 0. The predicted molar refractivity (Wildman–Crippen MR) is 61.8 cm³/mol. The first-order chi connectivity index (χ1) is 6.11. The molecule has 0 N–H and O–H groups in total.